The maximum Gasteiger partial charge on any atom is 0.191 e. The highest BCUT2D eigenvalue weighted by Gasteiger charge is 2.03. The minimum Gasteiger partial charge on any atom is -0.352 e. The molecule has 1 heterocycles. The molecule has 2 aromatic carbocycles. The normalized spacial score (nSPS) is 11.4. The molecule has 27 heavy (non-hydrogen) atoms. The van der Waals surface area contributed by atoms with Crippen LogP contribution in [-0.2, 0) is 19.6 Å². The van der Waals surface area contributed by atoms with E-state index in [9.17, 15) is 0 Å². The predicted octanol–water partition coefficient (Wildman–Crippen LogP) is 3.41. The Labute approximate surface area is 161 Å². The molecule has 5 heteroatoms. The quantitative estimate of drug-likeness (QED) is 0.522. The van der Waals surface area contributed by atoms with Gasteiger partial charge in [-0.05, 0) is 36.1 Å². The first kappa shape index (κ1) is 18.7. The van der Waals surface area contributed by atoms with E-state index in [1.807, 2.05) is 19.3 Å². The van der Waals surface area contributed by atoms with Crippen molar-refractivity contribution in [1.82, 2.24) is 20.2 Å². The molecule has 0 aliphatic carbocycles. The molecule has 0 saturated carbocycles. The van der Waals surface area contributed by atoms with Crippen molar-refractivity contribution in [3.8, 4) is 0 Å². The van der Waals surface area contributed by atoms with Gasteiger partial charge in [-0.2, -0.15) is 0 Å². The summed E-state index contributed by atoms with van der Waals surface area (Å²) in [4.78, 5) is 8.61. The van der Waals surface area contributed by atoms with E-state index in [-0.39, 0.29) is 0 Å². The Morgan fingerprint density at radius 1 is 1.00 bits per heavy atom. The summed E-state index contributed by atoms with van der Waals surface area (Å²) in [6.07, 6.45) is 3.85. The lowest BCUT2D eigenvalue weighted by molar-refractivity contribution is 0.757. The van der Waals surface area contributed by atoms with Crippen LogP contribution in [0.25, 0.3) is 0 Å². The Balaban J connectivity index is 1.56. The number of imidazole rings is 1. The van der Waals surface area contributed by atoms with Crippen molar-refractivity contribution < 1.29 is 0 Å². The average molecular weight is 361 g/mol. The van der Waals surface area contributed by atoms with Crippen molar-refractivity contribution in [2.45, 2.75) is 33.5 Å². The lowest BCUT2D eigenvalue weighted by atomic mass is 10.1. The summed E-state index contributed by atoms with van der Waals surface area (Å²) >= 11 is 0. The van der Waals surface area contributed by atoms with Crippen molar-refractivity contribution in [2.75, 3.05) is 7.05 Å². The molecule has 0 fully saturated rings. The molecule has 0 aliphatic rings. The van der Waals surface area contributed by atoms with Crippen molar-refractivity contribution >= 4 is 5.96 Å². The van der Waals surface area contributed by atoms with E-state index in [0.29, 0.717) is 0 Å². The van der Waals surface area contributed by atoms with E-state index < -0.39 is 0 Å². The number of rotatable bonds is 6. The van der Waals surface area contributed by atoms with E-state index in [4.69, 9.17) is 0 Å². The van der Waals surface area contributed by atoms with E-state index in [0.717, 1.165) is 31.4 Å². The fourth-order valence-corrected chi connectivity index (χ4v) is 3.00. The van der Waals surface area contributed by atoms with E-state index in [1.165, 1.54) is 22.3 Å². The molecule has 5 nitrogen and oxygen atoms in total. The second-order valence-electron chi connectivity index (χ2n) is 6.63. The average Bonchev–Trinajstić information content (AvgIpc) is 3.08. The smallest absolute Gasteiger partial charge is 0.191 e. The van der Waals surface area contributed by atoms with Gasteiger partial charge in [-0.1, -0.05) is 48.5 Å². The van der Waals surface area contributed by atoms with Crippen LogP contribution in [0.15, 0.2) is 65.9 Å². The van der Waals surface area contributed by atoms with Gasteiger partial charge < -0.3 is 15.2 Å². The molecule has 0 aliphatic heterocycles. The summed E-state index contributed by atoms with van der Waals surface area (Å²) in [5.41, 5.74) is 5.04. The van der Waals surface area contributed by atoms with Crippen LogP contribution >= 0.6 is 0 Å². The van der Waals surface area contributed by atoms with Gasteiger partial charge in [0.05, 0.1) is 0 Å². The summed E-state index contributed by atoms with van der Waals surface area (Å²) in [7, 11) is 1.80. The Bertz CT molecular complexity index is 910. The molecule has 2 N–H and O–H groups in total. The fourth-order valence-electron chi connectivity index (χ4n) is 3.00. The van der Waals surface area contributed by atoms with Gasteiger partial charge >= 0.3 is 0 Å². The number of benzene rings is 2. The van der Waals surface area contributed by atoms with Gasteiger partial charge in [-0.3, -0.25) is 4.99 Å². The number of hydrogen-bond acceptors (Lipinski definition) is 2. The number of guanidine groups is 1. The zero-order chi connectivity index (χ0) is 19.1. The van der Waals surface area contributed by atoms with E-state index >= 15 is 0 Å². The molecule has 0 spiro atoms. The molecule has 0 bridgehead atoms. The number of nitrogens with one attached hydrogen (secondary N) is 2. The Morgan fingerprint density at radius 3 is 2.52 bits per heavy atom. The van der Waals surface area contributed by atoms with Crippen LogP contribution < -0.4 is 10.6 Å². The van der Waals surface area contributed by atoms with Crippen molar-refractivity contribution in [1.29, 1.82) is 0 Å². The highest BCUT2D eigenvalue weighted by molar-refractivity contribution is 5.79. The van der Waals surface area contributed by atoms with Crippen LogP contribution in [0.1, 0.15) is 28.1 Å². The van der Waals surface area contributed by atoms with E-state index in [2.05, 4.69) is 80.6 Å². The molecule has 0 atom stereocenters. The number of nitrogens with zero attached hydrogens (tertiary/aromatic N) is 3. The topological polar surface area (TPSA) is 54.2 Å². The third kappa shape index (κ3) is 5.20. The number of aryl methyl sites for hydroxylation is 2. The Morgan fingerprint density at radius 2 is 1.78 bits per heavy atom. The van der Waals surface area contributed by atoms with Crippen LogP contribution in [0.5, 0.6) is 0 Å². The minimum atomic E-state index is 0.726. The van der Waals surface area contributed by atoms with Crippen LogP contribution in [0, 0.1) is 13.8 Å². The van der Waals surface area contributed by atoms with Gasteiger partial charge in [0.15, 0.2) is 5.96 Å². The number of hydrogen-bond donors (Lipinski definition) is 2. The molecule has 140 valence electrons. The van der Waals surface area contributed by atoms with Crippen molar-refractivity contribution in [3.05, 3.63) is 89.0 Å². The first-order chi connectivity index (χ1) is 13.2. The molecule has 0 radical (unpaired) electrons. The predicted molar refractivity (Wildman–Crippen MR) is 111 cm³/mol. The van der Waals surface area contributed by atoms with Crippen molar-refractivity contribution in [3.63, 3.8) is 0 Å². The van der Waals surface area contributed by atoms with Gasteiger partial charge in [0.25, 0.3) is 0 Å². The summed E-state index contributed by atoms with van der Waals surface area (Å²) in [6, 6.07) is 17.0. The molecule has 0 amide bonds. The number of aromatic nitrogens is 2. The maximum absolute atomic E-state index is 4.32. The summed E-state index contributed by atoms with van der Waals surface area (Å²) in [5, 5.41) is 6.77. The summed E-state index contributed by atoms with van der Waals surface area (Å²) in [5.74, 6) is 1.83. The second-order valence-corrected chi connectivity index (χ2v) is 6.63. The molecule has 0 unspecified atom stereocenters. The van der Waals surface area contributed by atoms with Crippen LogP contribution in [0.3, 0.4) is 0 Å². The Kier molecular flexibility index (Phi) is 6.26. The molecule has 3 aromatic rings. The third-order valence-corrected chi connectivity index (χ3v) is 4.66. The van der Waals surface area contributed by atoms with Gasteiger partial charge in [-0.15, -0.1) is 0 Å². The Hall–Kier alpha value is -3.08. The van der Waals surface area contributed by atoms with Crippen LogP contribution in [0.2, 0.25) is 0 Å². The first-order valence-corrected chi connectivity index (χ1v) is 9.20. The molecule has 3 rings (SSSR count). The van der Waals surface area contributed by atoms with Gasteiger partial charge in [-0.25, -0.2) is 4.98 Å². The molecular weight excluding hydrogens is 334 g/mol. The highest BCUT2D eigenvalue weighted by Crippen LogP contribution is 2.09. The summed E-state index contributed by atoms with van der Waals surface area (Å²) < 4.78 is 2.15. The minimum absolute atomic E-state index is 0.726. The SMILES string of the molecule is CN=C(NCc1cccc(Cn2ccnc2C)c1)NCc1ccccc1C. The van der Waals surface area contributed by atoms with Crippen molar-refractivity contribution in [2.24, 2.45) is 4.99 Å². The standard InChI is InChI=1S/C22H27N5/c1-17-7-4-5-10-21(17)15-26-22(23-3)25-14-19-8-6-9-20(13-19)16-27-12-11-24-18(27)2/h4-13H,14-16H2,1-3H3,(H2,23,25,26). The molecule has 0 saturated heterocycles. The zero-order valence-electron chi connectivity index (χ0n) is 16.2. The fraction of sp³-hybridized carbons (Fsp3) is 0.273. The van der Waals surface area contributed by atoms with Gasteiger partial charge in [0.1, 0.15) is 5.82 Å². The number of aliphatic imine (C=N–C) groups is 1. The third-order valence-electron chi connectivity index (χ3n) is 4.66. The van der Waals surface area contributed by atoms with E-state index in [1.54, 1.807) is 7.05 Å². The zero-order valence-corrected chi connectivity index (χ0v) is 16.2. The molecule has 1 aromatic heterocycles. The first-order valence-electron chi connectivity index (χ1n) is 9.20. The maximum atomic E-state index is 4.32. The highest BCUT2D eigenvalue weighted by atomic mass is 15.2. The lowest BCUT2D eigenvalue weighted by Gasteiger charge is -2.14. The van der Waals surface area contributed by atoms with Gasteiger partial charge in [0, 0.05) is 39.1 Å². The van der Waals surface area contributed by atoms with Crippen LogP contribution in [-0.4, -0.2) is 22.6 Å². The lowest BCUT2D eigenvalue weighted by Crippen LogP contribution is -2.36. The van der Waals surface area contributed by atoms with Gasteiger partial charge in [0.2, 0.25) is 0 Å². The monoisotopic (exact) mass is 361 g/mol. The summed E-state index contributed by atoms with van der Waals surface area (Å²) in [6.45, 7) is 6.46. The largest absolute Gasteiger partial charge is 0.352 e. The van der Waals surface area contributed by atoms with Crippen LogP contribution in [0.4, 0.5) is 0 Å². The second kappa shape index (κ2) is 9.03. The molecular formula is C22H27N5.